The molecule has 0 bridgehead atoms. The number of nitrogens with zero attached hydrogens (tertiary/aromatic N) is 1. The van der Waals surface area contributed by atoms with Crippen LogP contribution in [-0.2, 0) is 4.79 Å². The van der Waals surface area contributed by atoms with Crippen LogP contribution in [0, 0.1) is 6.92 Å². The number of halogens is 1. The van der Waals surface area contributed by atoms with Gasteiger partial charge in [-0.3, -0.25) is 14.4 Å². The molecule has 0 unspecified atom stereocenters. The van der Waals surface area contributed by atoms with Crippen LogP contribution in [0.3, 0.4) is 0 Å². The molecule has 1 aliphatic rings. The minimum absolute atomic E-state index is 0.0833. The third-order valence-corrected chi connectivity index (χ3v) is 7.20. The number of hydrogen-bond donors (Lipinski definition) is 1. The van der Waals surface area contributed by atoms with Gasteiger partial charge in [-0.25, -0.2) is 4.90 Å². The van der Waals surface area contributed by atoms with Gasteiger partial charge in [-0.1, -0.05) is 29.3 Å². The molecule has 190 valence electrons. The average Bonchev–Trinajstić information content (AvgIpc) is 3.16. The summed E-state index contributed by atoms with van der Waals surface area (Å²) in [6, 6.07) is 26.6. The fourth-order valence-corrected chi connectivity index (χ4v) is 4.95. The van der Waals surface area contributed by atoms with E-state index in [9.17, 15) is 14.4 Å². The molecule has 6 nitrogen and oxygen atoms in total. The van der Waals surface area contributed by atoms with Crippen molar-refractivity contribution < 1.29 is 19.1 Å². The smallest absolute Gasteiger partial charge is 0.266 e. The molecule has 0 saturated carbocycles. The molecule has 0 spiro atoms. The third-order valence-electron chi connectivity index (χ3n) is 5.94. The summed E-state index contributed by atoms with van der Waals surface area (Å²) < 4.78 is 5.92. The molecule has 38 heavy (non-hydrogen) atoms. The molecule has 1 N–H and O–H groups in total. The first-order valence-electron chi connectivity index (χ1n) is 11.9. The highest BCUT2D eigenvalue weighted by atomic mass is 35.5. The van der Waals surface area contributed by atoms with Crippen molar-refractivity contribution >= 4 is 52.5 Å². The zero-order valence-electron chi connectivity index (χ0n) is 20.4. The normalized spacial score (nSPS) is 12.4. The Morgan fingerprint density at radius 3 is 2.21 bits per heavy atom. The van der Waals surface area contributed by atoms with Gasteiger partial charge in [-0.2, -0.15) is 0 Å². The van der Waals surface area contributed by atoms with Crippen LogP contribution in [0.4, 0.5) is 11.4 Å². The van der Waals surface area contributed by atoms with Gasteiger partial charge in [0, 0.05) is 27.8 Å². The van der Waals surface area contributed by atoms with E-state index >= 15 is 0 Å². The van der Waals surface area contributed by atoms with E-state index in [1.165, 1.54) is 4.90 Å². The number of imide groups is 1. The number of fused-ring (bicyclic) bond motifs is 1. The number of rotatable bonds is 8. The first-order chi connectivity index (χ1) is 18.4. The summed E-state index contributed by atoms with van der Waals surface area (Å²) in [5.74, 6) is 0.800. The average molecular weight is 543 g/mol. The summed E-state index contributed by atoms with van der Waals surface area (Å²) >= 11 is 7.49. The van der Waals surface area contributed by atoms with E-state index in [-0.39, 0.29) is 17.7 Å². The number of nitrogens with one attached hydrogen (secondary N) is 1. The van der Waals surface area contributed by atoms with Crippen LogP contribution in [-0.4, -0.2) is 23.5 Å². The lowest BCUT2D eigenvalue weighted by Gasteiger charge is -2.13. The van der Waals surface area contributed by atoms with E-state index in [1.807, 2.05) is 43.3 Å². The molecule has 8 heteroatoms. The number of carbonyl (C=O) groups is 3. The highest BCUT2D eigenvalue weighted by molar-refractivity contribution is 7.99. The zero-order valence-corrected chi connectivity index (χ0v) is 22.0. The van der Waals surface area contributed by atoms with Crippen LogP contribution in [0.2, 0.25) is 5.02 Å². The first kappa shape index (κ1) is 25.6. The molecule has 1 aliphatic heterocycles. The van der Waals surface area contributed by atoms with Gasteiger partial charge in [0.05, 0.1) is 16.8 Å². The molecule has 4 aromatic carbocycles. The predicted molar refractivity (Wildman–Crippen MR) is 151 cm³/mol. The number of hydrogen-bond acceptors (Lipinski definition) is 5. The van der Waals surface area contributed by atoms with Gasteiger partial charge in [-0.05, 0) is 85.8 Å². The highest BCUT2D eigenvalue weighted by Crippen LogP contribution is 2.33. The number of thioether (sulfide) groups is 1. The maximum absolute atomic E-state index is 13.0. The lowest BCUT2D eigenvalue weighted by Crippen LogP contribution is -2.29. The largest absolute Gasteiger partial charge is 0.457 e. The van der Waals surface area contributed by atoms with E-state index in [0.29, 0.717) is 51.2 Å². The molecule has 0 saturated heterocycles. The van der Waals surface area contributed by atoms with Gasteiger partial charge in [0.2, 0.25) is 5.91 Å². The third kappa shape index (κ3) is 5.74. The van der Waals surface area contributed by atoms with Crippen LogP contribution in [0.25, 0.3) is 0 Å². The van der Waals surface area contributed by atoms with Gasteiger partial charge < -0.3 is 10.1 Å². The number of ether oxygens (including phenoxy) is 1. The van der Waals surface area contributed by atoms with Crippen molar-refractivity contribution in [2.75, 3.05) is 16.0 Å². The standard InChI is InChI=1S/C30H23ClN2O4S/c1-19-2-8-22(9-3-19)33-29(35)26-15-12-24(18-27(26)30(33)36)37-23-10-6-21(7-11-23)32-28(34)16-17-38-25-13-4-20(31)5-14-25/h2-15,18H,16-17H2,1H3,(H,32,34). The summed E-state index contributed by atoms with van der Waals surface area (Å²) in [7, 11) is 0. The monoisotopic (exact) mass is 542 g/mol. The minimum atomic E-state index is -0.383. The second-order valence-electron chi connectivity index (χ2n) is 8.72. The molecule has 5 rings (SSSR count). The molecule has 3 amide bonds. The van der Waals surface area contributed by atoms with Crippen molar-refractivity contribution in [2.45, 2.75) is 18.2 Å². The van der Waals surface area contributed by atoms with Crippen molar-refractivity contribution in [3.8, 4) is 11.5 Å². The van der Waals surface area contributed by atoms with Crippen molar-refractivity contribution in [2.24, 2.45) is 0 Å². The Kier molecular flexibility index (Phi) is 7.49. The number of amides is 3. The summed E-state index contributed by atoms with van der Waals surface area (Å²) in [5.41, 5.74) is 2.87. The van der Waals surface area contributed by atoms with Gasteiger partial charge in [0.25, 0.3) is 11.8 Å². The van der Waals surface area contributed by atoms with E-state index in [0.717, 1.165) is 10.5 Å². The van der Waals surface area contributed by atoms with Crippen LogP contribution in [0.5, 0.6) is 11.5 Å². The highest BCUT2D eigenvalue weighted by Gasteiger charge is 2.37. The van der Waals surface area contributed by atoms with Crippen molar-refractivity contribution in [3.63, 3.8) is 0 Å². The maximum Gasteiger partial charge on any atom is 0.266 e. The van der Waals surface area contributed by atoms with E-state index in [2.05, 4.69) is 5.32 Å². The topological polar surface area (TPSA) is 75.7 Å². The first-order valence-corrected chi connectivity index (χ1v) is 13.3. The van der Waals surface area contributed by atoms with Gasteiger partial charge in [0.1, 0.15) is 11.5 Å². The quantitative estimate of drug-likeness (QED) is 0.186. The summed E-state index contributed by atoms with van der Waals surface area (Å²) in [6.07, 6.45) is 0.368. The Morgan fingerprint density at radius 1 is 0.842 bits per heavy atom. The number of benzene rings is 4. The lowest BCUT2D eigenvalue weighted by atomic mass is 10.1. The Hall–Kier alpha value is -4.07. The van der Waals surface area contributed by atoms with Gasteiger partial charge in [-0.15, -0.1) is 11.8 Å². The summed E-state index contributed by atoms with van der Waals surface area (Å²) in [4.78, 5) is 40.4. The molecule has 0 aliphatic carbocycles. The number of aryl methyl sites for hydroxylation is 1. The Bertz CT molecular complexity index is 1500. The van der Waals surface area contributed by atoms with Crippen molar-refractivity contribution in [1.29, 1.82) is 0 Å². The van der Waals surface area contributed by atoms with Crippen LogP contribution < -0.4 is 15.0 Å². The molecular formula is C30H23ClN2O4S. The minimum Gasteiger partial charge on any atom is -0.457 e. The van der Waals surface area contributed by atoms with Gasteiger partial charge >= 0.3 is 0 Å². The Labute approximate surface area is 229 Å². The molecular weight excluding hydrogens is 520 g/mol. The number of anilines is 2. The van der Waals surface area contributed by atoms with Crippen LogP contribution >= 0.6 is 23.4 Å². The number of carbonyl (C=O) groups excluding carboxylic acids is 3. The predicted octanol–water partition coefficient (Wildman–Crippen LogP) is 7.36. The Morgan fingerprint density at radius 2 is 1.50 bits per heavy atom. The fourth-order valence-electron chi connectivity index (χ4n) is 3.97. The zero-order chi connectivity index (χ0) is 26.6. The van der Waals surface area contributed by atoms with Crippen molar-refractivity contribution in [3.05, 3.63) is 113 Å². The second-order valence-corrected chi connectivity index (χ2v) is 10.3. The molecule has 0 atom stereocenters. The van der Waals surface area contributed by atoms with Crippen LogP contribution in [0.15, 0.2) is 95.9 Å². The SMILES string of the molecule is Cc1ccc(N2C(=O)c3ccc(Oc4ccc(NC(=O)CCSc5ccc(Cl)cc5)cc4)cc3C2=O)cc1. The fraction of sp³-hybridized carbons (Fsp3) is 0.100. The molecule has 0 radical (unpaired) electrons. The van der Waals surface area contributed by atoms with Crippen LogP contribution in [0.1, 0.15) is 32.7 Å². The maximum atomic E-state index is 13.0. The Balaban J connectivity index is 1.18. The van der Waals surface area contributed by atoms with Crippen molar-refractivity contribution in [1.82, 2.24) is 0 Å². The van der Waals surface area contributed by atoms with E-state index in [4.69, 9.17) is 16.3 Å². The van der Waals surface area contributed by atoms with Gasteiger partial charge in [0.15, 0.2) is 0 Å². The van der Waals surface area contributed by atoms with E-state index in [1.54, 1.807) is 66.4 Å². The lowest BCUT2D eigenvalue weighted by molar-refractivity contribution is -0.115. The summed E-state index contributed by atoms with van der Waals surface area (Å²) in [5, 5.41) is 3.56. The van der Waals surface area contributed by atoms with E-state index < -0.39 is 0 Å². The molecule has 0 fully saturated rings. The summed E-state index contributed by atoms with van der Waals surface area (Å²) in [6.45, 7) is 1.94. The molecule has 0 aromatic heterocycles. The molecule has 1 heterocycles. The molecule has 4 aromatic rings. The second kappa shape index (κ2) is 11.1.